The van der Waals surface area contributed by atoms with E-state index in [-0.39, 0.29) is 18.3 Å². The van der Waals surface area contributed by atoms with Crippen molar-refractivity contribution < 1.29 is 4.79 Å². The van der Waals surface area contributed by atoms with Crippen LogP contribution < -0.4 is 5.32 Å². The number of aromatic nitrogens is 2. The Balaban J connectivity index is 0.00000161. The van der Waals surface area contributed by atoms with Gasteiger partial charge in [-0.2, -0.15) is 0 Å². The molecule has 1 amide bonds. The molecular formula is C14H23ClN4OS. The second kappa shape index (κ2) is 7.51. The molecule has 0 aromatic carbocycles. The molecule has 0 radical (unpaired) electrons. The average Bonchev–Trinajstić information content (AvgIpc) is 3.17. The summed E-state index contributed by atoms with van der Waals surface area (Å²) in [6.45, 7) is 4.94. The standard InChI is InChI=1S/C14H22N4OS.ClH/c1-2-11-13(20-17-16-11)14(19)18-8-5-10(6-9-18)12-4-3-7-15-12;/h10,12,15H,2-9H2,1H3;1H. The maximum absolute atomic E-state index is 12.5. The number of piperidine rings is 1. The molecule has 1 aromatic heterocycles. The highest BCUT2D eigenvalue weighted by Gasteiger charge is 2.31. The van der Waals surface area contributed by atoms with Gasteiger partial charge in [-0.25, -0.2) is 0 Å². The van der Waals surface area contributed by atoms with Crippen molar-refractivity contribution in [3.63, 3.8) is 0 Å². The van der Waals surface area contributed by atoms with Crippen LogP contribution in [0.2, 0.25) is 0 Å². The molecule has 2 saturated heterocycles. The van der Waals surface area contributed by atoms with E-state index in [1.807, 2.05) is 11.8 Å². The summed E-state index contributed by atoms with van der Waals surface area (Å²) in [4.78, 5) is 15.2. The quantitative estimate of drug-likeness (QED) is 0.922. The lowest BCUT2D eigenvalue weighted by molar-refractivity contribution is 0.0678. The first-order chi connectivity index (χ1) is 9.79. The summed E-state index contributed by atoms with van der Waals surface area (Å²) < 4.78 is 3.92. The monoisotopic (exact) mass is 330 g/mol. The Morgan fingerprint density at radius 2 is 2.14 bits per heavy atom. The predicted octanol–water partition coefficient (Wildman–Crippen LogP) is 2.13. The van der Waals surface area contributed by atoms with Crippen molar-refractivity contribution in [1.29, 1.82) is 0 Å². The van der Waals surface area contributed by atoms with Gasteiger partial charge < -0.3 is 10.2 Å². The summed E-state index contributed by atoms with van der Waals surface area (Å²) in [5.41, 5.74) is 0.847. The second-order valence-corrected chi connectivity index (χ2v) is 6.49. The molecule has 2 aliphatic heterocycles. The zero-order chi connectivity index (χ0) is 13.9. The smallest absolute Gasteiger partial charge is 0.267 e. The van der Waals surface area contributed by atoms with Gasteiger partial charge in [0.2, 0.25) is 0 Å². The van der Waals surface area contributed by atoms with E-state index in [4.69, 9.17) is 0 Å². The van der Waals surface area contributed by atoms with Gasteiger partial charge in [0.1, 0.15) is 4.88 Å². The van der Waals surface area contributed by atoms with Gasteiger partial charge in [0.05, 0.1) is 5.69 Å². The van der Waals surface area contributed by atoms with Gasteiger partial charge in [-0.3, -0.25) is 4.79 Å². The van der Waals surface area contributed by atoms with Crippen molar-refractivity contribution in [2.45, 2.75) is 45.1 Å². The van der Waals surface area contributed by atoms with E-state index in [1.165, 1.54) is 24.4 Å². The molecule has 1 N–H and O–H groups in total. The Morgan fingerprint density at radius 1 is 1.38 bits per heavy atom. The molecular weight excluding hydrogens is 308 g/mol. The third kappa shape index (κ3) is 3.55. The summed E-state index contributed by atoms with van der Waals surface area (Å²) in [5.74, 6) is 0.876. The number of halogens is 1. The molecule has 21 heavy (non-hydrogen) atoms. The summed E-state index contributed by atoms with van der Waals surface area (Å²) in [6, 6.07) is 0.684. The van der Waals surface area contributed by atoms with Crippen molar-refractivity contribution in [2.24, 2.45) is 5.92 Å². The molecule has 0 saturated carbocycles. The van der Waals surface area contributed by atoms with Crippen LogP contribution in [0.25, 0.3) is 0 Å². The molecule has 5 nitrogen and oxygen atoms in total. The van der Waals surface area contributed by atoms with Gasteiger partial charge in [-0.05, 0) is 56.1 Å². The summed E-state index contributed by atoms with van der Waals surface area (Å²) in [6.07, 6.45) is 5.63. The van der Waals surface area contributed by atoms with Gasteiger partial charge in [-0.15, -0.1) is 17.5 Å². The third-order valence-electron chi connectivity index (χ3n) is 4.58. The van der Waals surface area contributed by atoms with Crippen LogP contribution in [0.15, 0.2) is 0 Å². The number of aryl methyl sites for hydroxylation is 1. The number of rotatable bonds is 3. The van der Waals surface area contributed by atoms with Crippen molar-refractivity contribution >= 4 is 29.8 Å². The number of nitrogens with zero attached hydrogens (tertiary/aromatic N) is 3. The van der Waals surface area contributed by atoms with E-state index in [0.717, 1.165) is 55.4 Å². The molecule has 1 unspecified atom stereocenters. The fraction of sp³-hybridized carbons (Fsp3) is 0.786. The van der Waals surface area contributed by atoms with Crippen molar-refractivity contribution in [3.05, 3.63) is 10.6 Å². The van der Waals surface area contributed by atoms with Crippen LogP contribution in [0.4, 0.5) is 0 Å². The van der Waals surface area contributed by atoms with E-state index < -0.39 is 0 Å². The van der Waals surface area contributed by atoms with Gasteiger partial charge in [0, 0.05) is 19.1 Å². The maximum Gasteiger partial charge on any atom is 0.267 e. The van der Waals surface area contributed by atoms with E-state index in [0.29, 0.717) is 6.04 Å². The lowest BCUT2D eigenvalue weighted by atomic mass is 9.88. The van der Waals surface area contributed by atoms with Crippen molar-refractivity contribution in [2.75, 3.05) is 19.6 Å². The lowest BCUT2D eigenvalue weighted by Gasteiger charge is -2.34. The first kappa shape index (κ1) is 16.6. The average molecular weight is 331 g/mol. The first-order valence-corrected chi connectivity index (χ1v) is 8.40. The van der Waals surface area contributed by atoms with Gasteiger partial charge in [-0.1, -0.05) is 11.4 Å². The first-order valence-electron chi connectivity index (χ1n) is 7.63. The highest BCUT2D eigenvalue weighted by atomic mass is 35.5. The molecule has 7 heteroatoms. The van der Waals surface area contributed by atoms with Gasteiger partial charge in [0.25, 0.3) is 5.91 Å². The van der Waals surface area contributed by atoms with Crippen LogP contribution in [0.3, 0.4) is 0 Å². The van der Waals surface area contributed by atoms with Crippen LogP contribution >= 0.6 is 23.9 Å². The Kier molecular flexibility index (Phi) is 5.96. The molecule has 0 bridgehead atoms. The third-order valence-corrected chi connectivity index (χ3v) is 5.34. The van der Waals surface area contributed by atoms with Gasteiger partial charge in [0.15, 0.2) is 0 Å². The molecule has 1 aromatic rings. The minimum Gasteiger partial charge on any atom is -0.338 e. The molecule has 2 fully saturated rings. The zero-order valence-corrected chi connectivity index (χ0v) is 14.0. The summed E-state index contributed by atoms with van der Waals surface area (Å²) >= 11 is 1.24. The molecule has 118 valence electrons. The largest absolute Gasteiger partial charge is 0.338 e. The van der Waals surface area contributed by atoms with Crippen LogP contribution in [0.5, 0.6) is 0 Å². The van der Waals surface area contributed by atoms with Crippen LogP contribution in [-0.4, -0.2) is 46.1 Å². The predicted molar refractivity (Wildman–Crippen MR) is 86.2 cm³/mol. The molecule has 0 aliphatic carbocycles. The number of amides is 1. The normalized spacial score (nSPS) is 23.1. The number of likely N-dealkylation sites (tertiary alicyclic amines) is 1. The Labute approximate surface area is 136 Å². The summed E-state index contributed by atoms with van der Waals surface area (Å²) in [7, 11) is 0. The molecule has 3 rings (SSSR count). The number of hydrogen-bond acceptors (Lipinski definition) is 5. The minimum atomic E-state index is 0. The Bertz CT molecular complexity index is 467. The lowest BCUT2D eigenvalue weighted by Crippen LogP contribution is -2.43. The van der Waals surface area contributed by atoms with E-state index in [1.54, 1.807) is 0 Å². The molecule has 1 atom stereocenters. The zero-order valence-electron chi connectivity index (χ0n) is 12.4. The van der Waals surface area contributed by atoms with Crippen LogP contribution in [-0.2, 0) is 6.42 Å². The van der Waals surface area contributed by atoms with E-state index >= 15 is 0 Å². The fourth-order valence-corrected chi connectivity index (χ4v) is 4.08. The molecule has 2 aliphatic rings. The van der Waals surface area contributed by atoms with E-state index in [9.17, 15) is 4.79 Å². The number of carbonyl (C=O) groups excluding carboxylic acids is 1. The number of nitrogens with one attached hydrogen (secondary N) is 1. The summed E-state index contributed by atoms with van der Waals surface area (Å²) in [5, 5.41) is 7.63. The number of hydrogen-bond donors (Lipinski definition) is 1. The number of carbonyl (C=O) groups is 1. The topological polar surface area (TPSA) is 58.1 Å². The van der Waals surface area contributed by atoms with Gasteiger partial charge >= 0.3 is 0 Å². The van der Waals surface area contributed by atoms with Crippen LogP contribution in [0, 0.1) is 5.92 Å². The van der Waals surface area contributed by atoms with E-state index in [2.05, 4.69) is 14.9 Å². The van der Waals surface area contributed by atoms with Crippen molar-refractivity contribution in [1.82, 2.24) is 19.8 Å². The van der Waals surface area contributed by atoms with Crippen molar-refractivity contribution in [3.8, 4) is 0 Å². The minimum absolute atomic E-state index is 0. The fourth-order valence-electron chi connectivity index (χ4n) is 3.36. The SMILES string of the molecule is CCc1nnsc1C(=O)N1CCC(C2CCCN2)CC1.Cl. The maximum atomic E-state index is 12.5. The Morgan fingerprint density at radius 3 is 2.76 bits per heavy atom. The highest BCUT2D eigenvalue weighted by molar-refractivity contribution is 7.08. The van der Waals surface area contributed by atoms with Crippen LogP contribution in [0.1, 0.15) is 48.0 Å². The Hall–Kier alpha value is -0.720. The molecule has 0 spiro atoms. The second-order valence-electron chi connectivity index (χ2n) is 5.73. The molecule has 3 heterocycles. The highest BCUT2D eigenvalue weighted by Crippen LogP contribution is 2.27.